The highest BCUT2D eigenvalue weighted by Crippen LogP contribution is 2.34. The lowest BCUT2D eigenvalue weighted by Crippen LogP contribution is -2.41. The van der Waals surface area contributed by atoms with Crippen LogP contribution in [-0.2, 0) is 16.2 Å². The number of hydrogen-bond acceptors (Lipinski definition) is 4. The minimum atomic E-state index is -4.71. The standard InChI is InChI=1S/C13H14F3N3O2S/c14-13(15,16)11-4-3-10(5-9(11)6-17)22(20,21)19-12(7-18)8-1-2-8/h3-5,8,12,19H,1-2,7,18H2. The molecule has 3 N–H and O–H groups in total. The average Bonchev–Trinajstić information content (AvgIpc) is 3.27. The third-order valence-corrected chi connectivity index (χ3v) is 4.97. The number of benzene rings is 1. The lowest BCUT2D eigenvalue weighted by atomic mass is 10.1. The first-order chi connectivity index (χ1) is 10.2. The largest absolute Gasteiger partial charge is 0.417 e. The van der Waals surface area contributed by atoms with E-state index < -0.39 is 33.4 Å². The van der Waals surface area contributed by atoms with Crippen LogP contribution >= 0.6 is 0 Å². The van der Waals surface area contributed by atoms with E-state index in [2.05, 4.69) is 4.72 Å². The summed E-state index contributed by atoms with van der Waals surface area (Å²) in [6.45, 7) is 0.107. The molecule has 1 aliphatic carbocycles. The normalized spacial score (nSPS) is 17.0. The van der Waals surface area contributed by atoms with Crippen molar-refractivity contribution in [1.82, 2.24) is 4.72 Å². The molecule has 120 valence electrons. The van der Waals surface area contributed by atoms with Crippen LogP contribution in [0.2, 0.25) is 0 Å². The third kappa shape index (κ3) is 3.58. The van der Waals surface area contributed by atoms with Gasteiger partial charge in [-0.3, -0.25) is 0 Å². The average molecular weight is 333 g/mol. The van der Waals surface area contributed by atoms with E-state index in [1.807, 2.05) is 0 Å². The second-order valence-electron chi connectivity index (χ2n) is 5.12. The topological polar surface area (TPSA) is 96.0 Å². The number of halogens is 3. The van der Waals surface area contributed by atoms with Crippen LogP contribution in [0.25, 0.3) is 0 Å². The van der Waals surface area contributed by atoms with E-state index in [0.717, 1.165) is 25.0 Å². The molecule has 0 radical (unpaired) electrons. The van der Waals surface area contributed by atoms with E-state index >= 15 is 0 Å². The SMILES string of the molecule is N#Cc1cc(S(=O)(=O)NC(CN)C2CC2)ccc1C(F)(F)F. The van der Waals surface area contributed by atoms with Gasteiger partial charge >= 0.3 is 6.18 Å². The molecule has 0 aliphatic heterocycles. The lowest BCUT2D eigenvalue weighted by molar-refractivity contribution is -0.137. The molecule has 0 bridgehead atoms. The summed E-state index contributed by atoms with van der Waals surface area (Å²) < 4.78 is 64.9. The summed E-state index contributed by atoms with van der Waals surface area (Å²) in [6, 6.07) is 3.10. The van der Waals surface area contributed by atoms with E-state index in [9.17, 15) is 21.6 Å². The van der Waals surface area contributed by atoms with Crippen molar-refractivity contribution in [3.05, 3.63) is 29.3 Å². The number of nitrogens with one attached hydrogen (secondary N) is 1. The van der Waals surface area contributed by atoms with Gasteiger partial charge in [-0.25, -0.2) is 13.1 Å². The summed E-state index contributed by atoms with van der Waals surface area (Å²) in [5.41, 5.74) is 3.62. The Bertz CT molecular complexity index is 706. The quantitative estimate of drug-likeness (QED) is 0.855. The van der Waals surface area contributed by atoms with Gasteiger partial charge in [0.2, 0.25) is 10.0 Å². The zero-order valence-corrected chi connectivity index (χ0v) is 12.2. The van der Waals surface area contributed by atoms with Crippen LogP contribution in [0.1, 0.15) is 24.0 Å². The first-order valence-corrected chi connectivity index (χ1v) is 8.01. The van der Waals surface area contributed by atoms with Gasteiger partial charge in [0, 0.05) is 12.6 Å². The van der Waals surface area contributed by atoms with Crippen molar-refractivity contribution in [3.8, 4) is 6.07 Å². The molecular weight excluding hydrogens is 319 g/mol. The highest BCUT2D eigenvalue weighted by Gasteiger charge is 2.36. The number of sulfonamides is 1. The van der Waals surface area contributed by atoms with Crippen LogP contribution < -0.4 is 10.5 Å². The Morgan fingerprint density at radius 1 is 1.41 bits per heavy atom. The number of nitriles is 1. The summed E-state index contributed by atoms with van der Waals surface area (Å²) in [5.74, 6) is 0.157. The molecular formula is C13H14F3N3O2S. The molecule has 0 spiro atoms. The van der Waals surface area contributed by atoms with Gasteiger partial charge in [0.15, 0.2) is 0 Å². The van der Waals surface area contributed by atoms with Crippen LogP contribution in [0.4, 0.5) is 13.2 Å². The first kappa shape index (κ1) is 16.7. The van der Waals surface area contributed by atoms with Crippen molar-refractivity contribution in [3.63, 3.8) is 0 Å². The first-order valence-electron chi connectivity index (χ1n) is 6.53. The molecule has 1 fully saturated rings. The van der Waals surface area contributed by atoms with E-state index in [1.54, 1.807) is 0 Å². The molecule has 9 heteroatoms. The van der Waals surface area contributed by atoms with Crippen LogP contribution in [0, 0.1) is 17.2 Å². The van der Waals surface area contributed by atoms with Gasteiger partial charge in [0.25, 0.3) is 0 Å². The van der Waals surface area contributed by atoms with E-state index in [4.69, 9.17) is 11.0 Å². The van der Waals surface area contributed by atoms with Gasteiger partial charge in [-0.2, -0.15) is 18.4 Å². The highest BCUT2D eigenvalue weighted by molar-refractivity contribution is 7.89. The van der Waals surface area contributed by atoms with Crippen LogP contribution in [0.5, 0.6) is 0 Å². The molecule has 1 saturated carbocycles. The van der Waals surface area contributed by atoms with E-state index in [-0.39, 0.29) is 17.4 Å². The second-order valence-corrected chi connectivity index (χ2v) is 6.83. The van der Waals surface area contributed by atoms with Gasteiger partial charge in [-0.15, -0.1) is 0 Å². The maximum absolute atomic E-state index is 12.7. The summed E-state index contributed by atoms with van der Waals surface area (Å²) >= 11 is 0. The Labute approximate surface area is 126 Å². The van der Waals surface area contributed by atoms with Crippen LogP contribution in [-0.4, -0.2) is 21.0 Å². The number of nitrogens with two attached hydrogens (primary N) is 1. The van der Waals surface area contributed by atoms with Crippen LogP contribution in [0.3, 0.4) is 0 Å². The van der Waals surface area contributed by atoms with Gasteiger partial charge < -0.3 is 5.73 Å². The van der Waals surface area contributed by atoms with Crippen molar-refractivity contribution in [2.45, 2.75) is 30.0 Å². The van der Waals surface area contributed by atoms with Gasteiger partial charge in [0.05, 0.1) is 22.1 Å². The molecule has 0 amide bonds. The number of rotatable bonds is 5. The molecule has 2 rings (SSSR count). The smallest absolute Gasteiger partial charge is 0.329 e. The van der Waals surface area contributed by atoms with Crippen LogP contribution in [0.15, 0.2) is 23.1 Å². The van der Waals surface area contributed by atoms with Crippen molar-refractivity contribution in [2.24, 2.45) is 11.7 Å². The summed E-state index contributed by atoms with van der Waals surface area (Å²) in [4.78, 5) is -0.379. The number of hydrogen-bond donors (Lipinski definition) is 2. The monoisotopic (exact) mass is 333 g/mol. The summed E-state index contributed by atoms with van der Waals surface area (Å²) in [6.07, 6.45) is -2.99. The van der Waals surface area contributed by atoms with Gasteiger partial charge in [0.1, 0.15) is 0 Å². The lowest BCUT2D eigenvalue weighted by Gasteiger charge is -2.17. The fourth-order valence-corrected chi connectivity index (χ4v) is 3.48. The zero-order chi connectivity index (χ0) is 16.5. The van der Waals surface area contributed by atoms with Crippen molar-refractivity contribution in [1.29, 1.82) is 5.26 Å². The minimum absolute atomic E-state index is 0.107. The Morgan fingerprint density at radius 3 is 2.50 bits per heavy atom. The molecule has 22 heavy (non-hydrogen) atoms. The molecule has 0 heterocycles. The molecule has 0 aromatic heterocycles. The van der Waals surface area contributed by atoms with E-state index in [1.165, 1.54) is 6.07 Å². The number of alkyl halides is 3. The Hall–Kier alpha value is -1.63. The van der Waals surface area contributed by atoms with Gasteiger partial charge in [-0.1, -0.05) is 0 Å². The zero-order valence-electron chi connectivity index (χ0n) is 11.4. The fraction of sp³-hybridized carbons (Fsp3) is 0.462. The second kappa shape index (κ2) is 5.87. The van der Waals surface area contributed by atoms with Crippen molar-refractivity contribution < 1.29 is 21.6 Å². The fourth-order valence-electron chi connectivity index (χ4n) is 2.13. The molecule has 1 atom stereocenters. The molecule has 1 aromatic carbocycles. The van der Waals surface area contributed by atoms with Crippen molar-refractivity contribution >= 4 is 10.0 Å². The molecule has 5 nitrogen and oxygen atoms in total. The highest BCUT2D eigenvalue weighted by atomic mass is 32.2. The maximum atomic E-state index is 12.7. The summed E-state index contributed by atoms with van der Waals surface area (Å²) in [7, 11) is -4.02. The van der Waals surface area contributed by atoms with Gasteiger partial charge in [-0.05, 0) is 37.0 Å². The Balaban J connectivity index is 2.34. The molecule has 1 aromatic rings. The Morgan fingerprint density at radius 2 is 2.05 bits per heavy atom. The molecule has 0 saturated heterocycles. The van der Waals surface area contributed by atoms with Crippen molar-refractivity contribution in [2.75, 3.05) is 6.54 Å². The molecule has 1 aliphatic rings. The third-order valence-electron chi connectivity index (χ3n) is 3.48. The minimum Gasteiger partial charge on any atom is -0.329 e. The summed E-state index contributed by atoms with van der Waals surface area (Å²) in [5, 5.41) is 8.81. The number of nitrogens with zero attached hydrogens (tertiary/aromatic N) is 1. The Kier molecular flexibility index (Phi) is 4.47. The maximum Gasteiger partial charge on any atom is 0.417 e. The predicted molar refractivity (Wildman–Crippen MR) is 72.0 cm³/mol. The molecule has 1 unspecified atom stereocenters. The predicted octanol–water partition coefficient (Wildman–Crippen LogP) is 1.59. The van der Waals surface area contributed by atoms with E-state index in [0.29, 0.717) is 6.07 Å².